The number of aliphatic hydroxyl groups is 1. The molecule has 0 bridgehead atoms. The first kappa shape index (κ1) is 14.6. The molecule has 1 aliphatic heterocycles. The molecule has 3 N–H and O–H groups in total. The van der Waals surface area contributed by atoms with E-state index in [0.717, 1.165) is 0 Å². The first-order chi connectivity index (χ1) is 8.82. The molecular weight excluding hydrogens is 288 g/mol. The molecule has 0 spiro atoms. The van der Waals surface area contributed by atoms with Gasteiger partial charge in [-0.3, -0.25) is 0 Å². The number of nitrogens with zero attached hydrogens (tertiary/aromatic N) is 1. The van der Waals surface area contributed by atoms with Crippen molar-refractivity contribution in [2.45, 2.75) is 24.3 Å². The van der Waals surface area contributed by atoms with Gasteiger partial charge in [-0.15, -0.1) is 0 Å². The molecule has 0 radical (unpaired) electrons. The highest BCUT2D eigenvalue weighted by Crippen LogP contribution is 2.30. The molecular formula is C12H17ClN2O3S. The van der Waals surface area contributed by atoms with E-state index in [-0.39, 0.29) is 15.8 Å². The Labute approximate surface area is 118 Å². The molecule has 2 unspecified atom stereocenters. The molecule has 5 nitrogen and oxygen atoms in total. The Hall–Kier alpha value is -0.820. The van der Waals surface area contributed by atoms with Gasteiger partial charge in [0.1, 0.15) is 4.90 Å². The van der Waals surface area contributed by atoms with Crippen molar-refractivity contribution in [3.8, 4) is 0 Å². The number of anilines is 1. The summed E-state index contributed by atoms with van der Waals surface area (Å²) in [5, 5.41) is 9.66. The Morgan fingerprint density at radius 2 is 2.21 bits per heavy atom. The lowest BCUT2D eigenvalue weighted by Gasteiger charge is -2.18. The van der Waals surface area contributed by atoms with Crippen LogP contribution in [0.3, 0.4) is 0 Å². The summed E-state index contributed by atoms with van der Waals surface area (Å²) in [5.41, 5.74) is 5.98. The highest BCUT2D eigenvalue weighted by molar-refractivity contribution is 7.89. The maximum atomic E-state index is 12.5. The van der Waals surface area contributed by atoms with E-state index in [4.69, 9.17) is 17.3 Å². The van der Waals surface area contributed by atoms with Gasteiger partial charge >= 0.3 is 0 Å². The van der Waals surface area contributed by atoms with E-state index >= 15 is 0 Å². The van der Waals surface area contributed by atoms with Crippen LogP contribution in [0.1, 0.15) is 13.3 Å². The molecule has 0 aliphatic carbocycles. The van der Waals surface area contributed by atoms with Gasteiger partial charge in [-0.25, -0.2) is 8.42 Å². The Balaban J connectivity index is 2.29. The zero-order chi connectivity index (χ0) is 14.2. The van der Waals surface area contributed by atoms with Crippen molar-refractivity contribution in [2.75, 3.05) is 18.8 Å². The van der Waals surface area contributed by atoms with Crippen LogP contribution in [-0.4, -0.2) is 37.0 Å². The van der Waals surface area contributed by atoms with Crippen LogP contribution in [0.25, 0.3) is 0 Å². The normalized spacial score (nSPS) is 22.6. The van der Waals surface area contributed by atoms with Gasteiger partial charge < -0.3 is 10.8 Å². The molecule has 0 saturated carbocycles. The van der Waals surface area contributed by atoms with E-state index in [1.165, 1.54) is 22.5 Å². The Morgan fingerprint density at radius 1 is 1.53 bits per heavy atom. The quantitative estimate of drug-likeness (QED) is 0.825. The summed E-state index contributed by atoms with van der Waals surface area (Å²) in [7, 11) is -3.62. The maximum absolute atomic E-state index is 12.5. The second-order valence-electron chi connectivity index (χ2n) is 4.84. The third-order valence-corrected chi connectivity index (χ3v) is 5.79. The predicted molar refractivity (Wildman–Crippen MR) is 74.4 cm³/mol. The first-order valence-electron chi connectivity index (χ1n) is 6.05. The molecule has 1 aromatic carbocycles. The lowest BCUT2D eigenvalue weighted by Crippen LogP contribution is -2.30. The van der Waals surface area contributed by atoms with E-state index in [0.29, 0.717) is 25.2 Å². The number of nitrogen functional groups attached to an aromatic ring is 1. The van der Waals surface area contributed by atoms with Crippen molar-refractivity contribution in [1.29, 1.82) is 0 Å². The zero-order valence-corrected chi connectivity index (χ0v) is 12.2. The lowest BCUT2D eigenvalue weighted by molar-refractivity contribution is 0.133. The van der Waals surface area contributed by atoms with Gasteiger partial charge in [0.05, 0.1) is 11.1 Å². The van der Waals surface area contributed by atoms with Crippen molar-refractivity contribution in [1.82, 2.24) is 4.31 Å². The molecule has 1 aliphatic rings. The van der Waals surface area contributed by atoms with Crippen molar-refractivity contribution in [2.24, 2.45) is 5.92 Å². The molecule has 1 heterocycles. The molecule has 1 fully saturated rings. The van der Waals surface area contributed by atoms with Gasteiger partial charge in [0, 0.05) is 18.8 Å². The molecule has 2 atom stereocenters. The first-order valence-corrected chi connectivity index (χ1v) is 7.87. The number of hydrogen-bond acceptors (Lipinski definition) is 4. The van der Waals surface area contributed by atoms with Crippen LogP contribution in [0.4, 0.5) is 5.69 Å². The minimum atomic E-state index is -3.62. The SMILES string of the molecule is CC(O)C1CCN(S(=O)(=O)c2ccc(N)cc2Cl)C1. The molecule has 19 heavy (non-hydrogen) atoms. The summed E-state index contributed by atoms with van der Waals surface area (Å²) in [6.07, 6.45) is 0.144. The van der Waals surface area contributed by atoms with Gasteiger partial charge in [-0.05, 0) is 37.5 Å². The summed E-state index contributed by atoms with van der Waals surface area (Å²) < 4.78 is 26.3. The standard InChI is InChI=1S/C12H17ClN2O3S/c1-8(16)9-4-5-15(7-9)19(17,18)12-3-2-10(14)6-11(12)13/h2-3,6,8-9,16H,4-5,7,14H2,1H3. The minimum absolute atomic E-state index is 0.0256. The summed E-state index contributed by atoms with van der Waals surface area (Å²) in [4.78, 5) is 0.0645. The van der Waals surface area contributed by atoms with E-state index in [1.54, 1.807) is 6.92 Å². The smallest absolute Gasteiger partial charge is 0.244 e. The van der Waals surface area contributed by atoms with E-state index in [2.05, 4.69) is 0 Å². The van der Waals surface area contributed by atoms with Crippen molar-refractivity contribution in [3.05, 3.63) is 23.2 Å². The van der Waals surface area contributed by atoms with Crippen LogP contribution in [-0.2, 0) is 10.0 Å². The van der Waals surface area contributed by atoms with E-state index in [9.17, 15) is 13.5 Å². The van der Waals surface area contributed by atoms with Gasteiger partial charge in [0.2, 0.25) is 10.0 Å². The molecule has 1 aromatic rings. The van der Waals surface area contributed by atoms with Gasteiger partial charge in [0.25, 0.3) is 0 Å². The summed E-state index contributed by atoms with van der Waals surface area (Å²) in [6, 6.07) is 4.36. The van der Waals surface area contributed by atoms with Gasteiger partial charge in [-0.2, -0.15) is 4.31 Å². The van der Waals surface area contributed by atoms with Gasteiger partial charge in [0.15, 0.2) is 0 Å². The average Bonchev–Trinajstić information content (AvgIpc) is 2.78. The molecule has 2 rings (SSSR count). The summed E-state index contributed by atoms with van der Waals surface area (Å²) in [6.45, 7) is 2.40. The average molecular weight is 305 g/mol. The third kappa shape index (κ3) is 2.86. The Bertz CT molecular complexity index is 574. The second kappa shape index (κ2) is 5.28. The minimum Gasteiger partial charge on any atom is -0.399 e. The van der Waals surface area contributed by atoms with Crippen LogP contribution in [0.5, 0.6) is 0 Å². The Kier molecular flexibility index (Phi) is 4.06. The monoisotopic (exact) mass is 304 g/mol. The molecule has 106 valence electrons. The number of halogens is 1. The van der Waals surface area contributed by atoms with Crippen LogP contribution >= 0.6 is 11.6 Å². The topological polar surface area (TPSA) is 83.6 Å². The highest BCUT2D eigenvalue weighted by Gasteiger charge is 2.35. The van der Waals surface area contributed by atoms with Crippen LogP contribution in [0.2, 0.25) is 5.02 Å². The number of aliphatic hydroxyl groups excluding tert-OH is 1. The zero-order valence-electron chi connectivity index (χ0n) is 10.6. The fourth-order valence-electron chi connectivity index (χ4n) is 2.23. The largest absolute Gasteiger partial charge is 0.399 e. The number of rotatable bonds is 3. The van der Waals surface area contributed by atoms with Crippen molar-refractivity contribution in [3.63, 3.8) is 0 Å². The van der Waals surface area contributed by atoms with Crippen LogP contribution < -0.4 is 5.73 Å². The molecule has 1 saturated heterocycles. The molecule has 0 aromatic heterocycles. The molecule has 7 heteroatoms. The highest BCUT2D eigenvalue weighted by atomic mass is 35.5. The third-order valence-electron chi connectivity index (χ3n) is 3.44. The van der Waals surface area contributed by atoms with Crippen LogP contribution in [0, 0.1) is 5.92 Å². The van der Waals surface area contributed by atoms with Crippen molar-refractivity contribution < 1.29 is 13.5 Å². The van der Waals surface area contributed by atoms with Crippen LogP contribution in [0.15, 0.2) is 23.1 Å². The maximum Gasteiger partial charge on any atom is 0.244 e. The number of sulfonamides is 1. The second-order valence-corrected chi connectivity index (χ2v) is 7.16. The lowest BCUT2D eigenvalue weighted by atomic mass is 10.0. The predicted octanol–water partition coefficient (Wildman–Crippen LogP) is 1.31. The fourth-order valence-corrected chi connectivity index (χ4v) is 4.27. The van der Waals surface area contributed by atoms with Crippen molar-refractivity contribution >= 4 is 27.3 Å². The summed E-state index contributed by atoms with van der Waals surface area (Å²) in [5.74, 6) is -0.0256. The summed E-state index contributed by atoms with van der Waals surface area (Å²) >= 11 is 5.96. The number of nitrogens with two attached hydrogens (primary N) is 1. The molecule has 0 amide bonds. The number of benzene rings is 1. The Morgan fingerprint density at radius 3 is 2.74 bits per heavy atom. The number of hydrogen-bond donors (Lipinski definition) is 2. The van der Waals surface area contributed by atoms with Gasteiger partial charge in [-0.1, -0.05) is 11.6 Å². The van der Waals surface area contributed by atoms with E-state index in [1.807, 2.05) is 0 Å². The fraction of sp³-hybridized carbons (Fsp3) is 0.500. The van der Waals surface area contributed by atoms with E-state index < -0.39 is 16.1 Å².